The molecule has 2 heterocycles. The van der Waals surface area contributed by atoms with Gasteiger partial charge < -0.3 is 20.9 Å². The Bertz CT molecular complexity index is 1340. The van der Waals surface area contributed by atoms with E-state index < -0.39 is 51.0 Å². The number of nitrogens with zero attached hydrogens (tertiary/aromatic N) is 1. The first kappa shape index (κ1) is 29.1. The van der Waals surface area contributed by atoms with E-state index in [1.54, 1.807) is 6.92 Å². The first-order valence-electron chi connectivity index (χ1n) is 11.7. The number of rotatable bonds is 6. The van der Waals surface area contributed by atoms with Gasteiger partial charge in [0.2, 0.25) is 5.91 Å². The number of benzene rings is 2. The van der Waals surface area contributed by atoms with Crippen LogP contribution in [-0.2, 0) is 31.6 Å². The average molecular weight is 582 g/mol. The van der Waals surface area contributed by atoms with Crippen molar-refractivity contribution in [2.24, 2.45) is 5.73 Å². The maximum atomic E-state index is 13.7. The Labute approximate surface area is 219 Å². The number of fused-ring (bicyclic) bond motifs is 1. The summed E-state index contributed by atoms with van der Waals surface area (Å²) in [5, 5.41) is 12.4. The second-order valence-corrected chi connectivity index (χ2v) is 11.5. The number of sulfonamides is 1. The Morgan fingerprint density at radius 2 is 1.69 bits per heavy atom. The van der Waals surface area contributed by atoms with Crippen molar-refractivity contribution in [3.05, 3.63) is 59.2 Å². The molecule has 2 aliphatic rings. The number of nitrogens with one attached hydrogen (secondary N) is 1. The summed E-state index contributed by atoms with van der Waals surface area (Å²) in [4.78, 5) is 12.3. The van der Waals surface area contributed by atoms with Gasteiger partial charge in [0, 0.05) is 12.1 Å². The van der Waals surface area contributed by atoms with Crippen molar-refractivity contribution < 1.29 is 49.4 Å². The number of aryl methyl sites for hydroxylation is 2. The van der Waals surface area contributed by atoms with Crippen LogP contribution in [0.3, 0.4) is 0 Å². The Balaban J connectivity index is 1.78. The lowest BCUT2D eigenvalue weighted by atomic mass is 9.88. The molecule has 15 heteroatoms. The van der Waals surface area contributed by atoms with Crippen LogP contribution in [0.4, 0.5) is 32.0 Å². The molecular weight excluding hydrogens is 556 g/mol. The van der Waals surface area contributed by atoms with Crippen LogP contribution < -0.4 is 15.4 Å². The van der Waals surface area contributed by atoms with Crippen LogP contribution in [0, 0.1) is 6.92 Å². The lowest BCUT2D eigenvalue weighted by Crippen LogP contribution is -2.67. The Hall–Kier alpha value is -2.88. The summed E-state index contributed by atoms with van der Waals surface area (Å²) in [5.74, 6) is -0.594. The number of hydrogen-bond donors (Lipinski definition) is 3. The van der Waals surface area contributed by atoms with Crippen molar-refractivity contribution in [3.63, 3.8) is 0 Å². The average Bonchev–Trinajstić information content (AvgIpc) is 2.83. The second kappa shape index (κ2) is 9.64. The second-order valence-electron chi connectivity index (χ2n) is 9.71. The predicted octanol–water partition coefficient (Wildman–Crippen LogP) is 2.66. The molecule has 1 amide bonds. The maximum Gasteiger partial charge on any atom is 0.430 e. The van der Waals surface area contributed by atoms with Crippen molar-refractivity contribution in [3.8, 4) is 0 Å². The van der Waals surface area contributed by atoms with Crippen LogP contribution >= 0.6 is 0 Å². The van der Waals surface area contributed by atoms with Crippen LogP contribution in [0.2, 0.25) is 0 Å². The monoisotopic (exact) mass is 581 g/mol. The van der Waals surface area contributed by atoms with E-state index in [1.807, 2.05) is 0 Å². The van der Waals surface area contributed by atoms with Crippen molar-refractivity contribution in [2.45, 2.75) is 54.2 Å². The van der Waals surface area contributed by atoms with E-state index in [2.05, 4.69) is 5.32 Å². The lowest BCUT2D eigenvalue weighted by Gasteiger charge is -2.40. The Morgan fingerprint density at radius 1 is 1.10 bits per heavy atom. The molecule has 1 fully saturated rings. The van der Waals surface area contributed by atoms with Gasteiger partial charge in [-0.25, -0.2) is 8.42 Å². The predicted molar refractivity (Wildman–Crippen MR) is 126 cm³/mol. The van der Waals surface area contributed by atoms with Crippen LogP contribution in [0.25, 0.3) is 0 Å². The highest BCUT2D eigenvalue weighted by molar-refractivity contribution is 7.92. The zero-order valence-electron chi connectivity index (χ0n) is 20.4. The van der Waals surface area contributed by atoms with E-state index in [0.717, 1.165) is 15.9 Å². The number of aliphatic hydroxyl groups is 1. The molecule has 1 saturated heterocycles. The van der Waals surface area contributed by atoms with E-state index in [-0.39, 0.29) is 48.7 Å². The van der Waals surface area contributed by atoms with Crippen molar-refractivity contribution in [1.29, 1.82) is 0 Å². The van der Waals surface area contributed by atoms with Gasteiger partial charge in [0.05, 0.1) is 29.8 Å². The molecule has 0 aromatic heterocycles. The molecule has 1 unspecified atom stereocenters. The van der Waals surface area contributed by atoms with Gasteiger partial charge in [0.25, 0.3) is 15.6 Å². The molecule has 214 valence electrons. The summed E-state index contributed by atoms with van der Waals surface area (Å²) in [5.41, 5.74) is -1.61. The van der Waals surface area contributed by atoms with E-state index in [0.29, 0.717) is 12.1 Å². The molecule has 2 aliphatic heterocycles. The molecule has 39 heavy (non-hydrogen) atoms. The summed E-state index contributed by atoms with van der Waals surface area (Å²) >= 11 is 0. The summed E-state index contributed by atoms with van der Waals surface area (Å²) in [7, 11) is -4.40. The van der Waals surface area contributed by atoms with Crippen LogP contribution in [0.1, 0.15) is 23.1 Å². The van der Waals surface area contributed by atoms with E-state index in [1.165, 1.54) is 24.3 Å². The Kier molecular flexibility index (Phi) is 7.20. The third-order valence-electron chi connectivity index (χ3n) is 6.88. The van der Waals surface area contributed by atoms with Crippen LogP contribution in [-0.4, -0.2) is 63.1 Å². The molecule has 0 spiro atoms. The number of alkyl halides is 6. The number of carbonyl (C=O) groups is 1. The zero-order chi connectivity index (χ0) is 29.0. The van der Waals surface area contributed by atoms with Gasteiger partial charge in [-0.15, -0.1) is 0 Å². The summed E-state index contributed by atoms with van der Waals surface area (Å²) in [6.07, 6.45) is -12.4. The highest BCUT2D eigenvalue weighted by atomic mass is 32.2. The summed E-state index contributed by atoms with van der Waals surface area (Å²) < 4.78 is 114. The highest BCUT2D eigenvalue weighted by Gasteiger charge is 2.71. The molecule has 4 N–H and O–H groups in total. The standard InChI is InChI=1S/C24H25F6N3O5S/c1-14-2-7-18(8-3-14)39(36,37)33-17(11-32-20(34)21(31)12-38-13-21)6-4-15-10-16(5-9-19(15)33)22(35,23(25,26)27)24(28,29)30/h2-3,5,7-10,17,35H,4,6,11-13,31H2,1H3,(H,32,34). The lowest BCUT2D eigenvalue weighted by molar-refractivity contribution is -0.376. The van der Waals surface area contributed by atoms with Crippen molar-refractivity contribution >= 4 is 21.6 Å². The fraction of sp³-hybridized carbons (Fsp3) is 0.458. The van der Waals surface area contributed by atoms with Gasteiger partial charge in [0.1, 0.15) is 5.54 Å². The van der Waals surface area contributed by atoms with Crippen molar-refractivity contribution in [1.82, 2.24) is 5.32 Å². The third kappa shape index (κ3) is 4.96. The molecule has 2 aromatic rings. The number of anilines is 1. The number of amides is 1. The number of ether oxygens (including phenoxy) is 1. The van der Waals surface area contributed by atoms with E-state index >= 15 is 0 Å². The number of halogens is 6. The molecule has 0 radical (unpaired) electrons. The highest BCUT2D eigenvalue weighted by Crippen LogP contribution is 2.51. The van der Waals surface area contributed by atoms with Gasteiger partial charge >= 0.3 is 12.4 Å². The molecule has 8 nitrogen and oxygen atoms in total. The van der Waals surface area contributed by atoms with Crippen molar-refractivity contribution in [2.75, 3.05) is 24.1 Å². The zero-order valence-corrected chi connectivity index (χ0v) is 21.3. The van der Waals surface area contributed by atoms with E-state index in [4.69, 9.17) is 10.5 Å². The first-order valence-corrected chi connectivity index (χ1v) is 13.1. The first-order chi connectivity index (χ1) is 17.9. The normalized spacial score (nSPS) is 19.7. The van der Waals surface area contributed by atoms with Gasteiger partial charge in [-0.3, -0.25) is 9.10 Å². The van der Waals surface area contributed by atoms with Crippen LogP contribution in [0.5, 0.6) is 0 Å². The number of carbonyl (C=O) groups excluding carboxylic acids is 1. The van der Waals surface area contributed by atoms with E-state index in [9.17, 15) is 44.7 Å². The molecule has 4 rings (SSSR count). The summed E-state index contributed by atoms with van der Waals surface area (Å²) in [6, 6.07) is 6.45. The minimum Gasteiger partial charge on any atom is -0.376 e. The molecule has 0 bridgehead atoms. The molecule has 2 aromatic carbocycles. The summed E-state index contributed by atoms with van der Waals surface area (Å²) in [6.45, 7) is 1.41. The Morgan fingerprint density at radius 3 is 2.21 bits per heavy atom. The molecule has 1 atom stereocenters. The van der Waals surface area contributed by atoms with Gasteiger partial charge in [-0.05, 0) is 43.5 Å². The SMILES string of the molecule is Cc1ccc(S(=O)(=O)N2c3ccc(C(O)(C(F)(F)F)C(F)(F)F)cc3CCC2CNC(=O)C2(N)COC2)cc1. The molecule has 0 saturated carbocycles. The van der Waals surface area contributed by atoms with Gasteiger partial charge in [0.15, 0.2) is 0 Å². The van der Waals surface area contributed by atoms with Crippen LogP contribution in [0.15, 0.2) is 47.4 Å². The number of nitrogens with two attached hydrogens (primary N) is 1. The minimum absolute atomic E-state index is 0.0399. The van der Waals surface area contributed by atoms with Gasteiger partial charge in [-0.1, -0.05) is 29.8 Å². The smallest absolute Gasteiger partial charge is 0.376 e. The molecular formula is C24H25F6N3O5S. The third-order valence-corrected chi connectivity index (χ3v) is 8.76. The number of hydrogen-bond acceptors (Lipinski definition) is 6. The van der Waals surface area contributed by atoms with Gasteiger partial charge in [-0.2, -0.15) is 26.3 Å². The quantitative estimate of drug-likeness (QED) is 0.451. The maximum absolute atomic E-state index is 13.7. The minimum atomic E-state index is -6.10. The largest absolute Gasteiger partial charge is 0.430 e. The molecule has 0 aliphatic carbocycles. The fourth-order valence-electron chi connectivity index (χ4n) is 4.52. The fourth-order valence-corrected chi connectivity index (χ4v) is 6.24. The topological polar surface area (TPSA) is 122 Å².